The van der Waals surface area contributed by atoms with Gasteiger partial charge in [0.15, 0.2) is 0 Å². The maximum Gasteiger partial charge on any atom is 0.244 e. The molecule has 0 aromatic heterocycles. The van der Waals surface area contributed by atoms with Crippen LogP contribution in [-0.4, -0.2) is 11.9 Å². The van der Waals surface area contributed by atoms with Crippen molar-refractivity contribution in [3.63, 3.8) is 0 Å². The summed E-state index contributed by atoms with van der Waals surface area (Å²) in [4.78, 5) is 11.7. The van der Waals surface area contributed by atoms with Crippen molar-refractivity contribution in [2.45, 2.75) is 52.5 Å². The second-order valence-electron chi connectivity index (χ2n) is 5.15. The molecule has 0 heterocycles. The molecule has 1 unspecified atom stereocenters. The summed E-state index contributed by atoms with van der Waals surface area (Å²) in [5.74, 6) is -0.00965. The Morgan fingerprint density at radius 3 is 2.58 bits per heavy atom. The predicted octanol–water partition coefficient (Wildman–Crippen LogP) is 4.09. The second kappa shape index (κ2) is 8.52. The lowest BCUT2D eigenvalue weighted by atomic mass is 10.1. The third-order valence-electron chi connectivity index (χ3n) is 3.13. The standard InChI is InChI=1S/C17H25NO/c1-4-5-6-7-15(3)18-17(19)13-12-16-10-8-14(2)9-11-16/h8-13,15H,4-7H2,1-3H3,(H,18,19)/b13-12-. The van der Waals surface area contributed by atoms with Crippen molar-refractivity contribution in [3.05, 3.63) is 41.5 Å². The second-order valence-corrected chi connectivity index (χ2v) is 5.15. The highest BCUT2D eigenvalue weighted by Crippen LogP contribution is 2.05. The van der Waals surface area contributed by atoms with Gasteiger partial charge in [0.25, 0.3) is 0 Å². The first-order valence-electron chi connectivity index (χ1n) is 7.17. The van der Waals surface area contributed by atoms with Crippen LogP contribution >= 0.6 is 0 Å². The monoisotopic (exact) mass is 259 g/mol. The topological polar surface area (TPSA) is 29.1 Å². The van der Waals surface area contributed by atoms with Crippen LogP contribution in [0.25, 0.3) is 6.08 Å². The summed E-state index contributed by atoms with van der Waals surface area (Å²) in [6, 6.07) is 8.38. The van der Waals surface area contributed by atoms with E-state index in [0.29, 0.717) is 0 Å². The summed E-state index contributed by atoms with van der Waals surface area (Å²) in [5.41, 5.74) is 2.28. The molecule has 0 fully saturated rings. The van der Waals surface area contributed by atoms with Crippen molar-refractivity contribution in [3.8, 4) is 0 Å². The molecule has 0 radical (unpaired) electrons. The summed E-state index contributed by atoms with van der Waals surface area (Å²) in [6.07, 6.45) is 8.15. The largest absolute Gasteiger partial charge is 0.350 e. The fourth-order valence-corrected chi connectivity index (χ4v) is 1.91. The van der Waals surface area contributed by atoms with Crippen LogP contribution in [0.1, 0.15) is 50.7 Å². The van der Waals surface area contributed by atoms with E-state index >= 15 is 0 Å². The molecular weight excluding hydrogens is 234 g/mol. The minimum atomic E-state index is -0.00965. The van der Waals surface area contributed by atoms with Gasteiger partial charge in [0, 0.05) is 12.1 Å². The van der Waals surface area contributed by atoms with Crippen molar-refractivity contribution in [1.29, 1.82) is 0 Å². The predicted molar refractivity (Wildman–Crippen MR) is 82.0 cm³/mol. The molecule has 0 aliphatic rings. The van der Waals surface area contributed by atoms with E-state index in [4.69, 9.17) is 0 Å². The Hall–Kier alpha value is -1.57. The number of rotatable bonds is 7. The average molecular weight is 259 g/mol. The summed E-state index contributed by atoms with van der Waals surface area (Å²) in [7, 11) is 0. The van der Waals surface area contributed by atoms with Crippen LogP contribution in [-0.2, 0) is 4.79 Å². The van der Waals surface area contributed by atoms with E-state index in [9.17, 15) is 4.79 Å². The van der Waals surface area contributed by atoms with Crippen LogP contribution in [0.3, 0.4) is 0 Å². The number of amides is 1. The molecule has 0 aliphatic heterocycles. The summed E-state index contributed by atoms with van der Waals surface area (Å²) in [6.45, 7) is 6.30. The minimum absolute atomic E-state index is 0.00965. The van der Waals surface area contributed by atoms with Crippen molar-refractivity contribution in [1.82, 2.24) is 5.32 Å². The molecule has 1 N–H and O–H groups in total. The van der Waals surface area contributed by atoms with Gasteiger partial charge in [-0.25, -0.2) is 0 Å². The van der Waals surface area contributed by atoms with Gasteiger partial charge >= 0.3 is 0 Å². The first kappa shape index (κ1) is 15.5. The first-order chi connectivity index (χ1) is 9.11. The molecule has 1 amide bonds. The van der Waals surface area contributed by atoms with E-state index in [1.54, 1.807) is 6.08 Å². The number of nitrogens with one attached hydrogen (secondary N) is 1. The van der Waals surface area contributed by atoms with Gasteiger partial charge in [0.1, 0.15) is 0 Å². The Balaban J connectivity index is 2.35. The molecule has 19 heavy (non-hydrogen) atoms. The van der Waals surface area contributed by atoms with Crippen molar-refractivity contribution >= 4 is 12.0 Å². The van der Waals surface area contributed by atoms with Gasteiger partial charge in [-0.15, -0.1) is 0 Å². The number of carbonyl (C=O) groups is 1. The molecule has 2 nitrogen and oxygen atoms in total. The highest BCUT2D eigenvalue weighted by Gasteiger charge is 2.03. The SMILES string of the molecule is CCCCCC(C)NC(=O)/C=C\c1ccc(C)cc1. The Bertz CT molecular complexity index is 406. The molecule has 0 saturated carbocycles. The van der Waals surface area contributed by atoms with Gasteiger partial charge in [0.2, 0.25) is 5.91 Å². The quantitative estimate of drug-likeness (QED) is 0.580. The molecule has 1 aromatic rings. The van der Waals surface area contributed by atoms with Gasteiger partial charge in [0.05, 0.1) is 0 Å². The third kappa shape index (κ3) is 6.80. The lowest BCUT2D eigenvalue weighted by Gasteiger charge is -2.11. The van der Waals surface area contributed by atoms with E-state index in [-0.39, 0.29) is 11.9 Å². The first-order valence-corrected chi connectivity index (χ1v) is 7.17. The summed E-state index contributed by atoms with van der Waals surface area (Å²) >= 11 is 0. The maximum absolute atomic E-state index is 11.7. The normalized spacial score (nSPS) is 12.6. The van der Waals surface area contributed by atoms with E-state index < -0.39 is 0 Å². The molecule has 0 bridgehead atoms. The van der Waals surface area contributed by atoms with E-state index in [1.165, 1.54) is 24.8 Å². The lowest BCUT2D eigenvalue weighted by Crippen LogP contribution is -2.30. The number of hydrogen-bond donors (Lipinski definition) is 1. The highest BCUT2D eigenvalue weighted by molar-refractivity contribution is 5.91. The molecule has 1 atom stereocenters. The van der Waals surface area contributed by atoms with Crippen LogP contribution in [0.2, 0.25) is 0 Å². The van der Waals surface area contributed by atoms with Crippen molar-refractivity contribution in [2.75, 3.05) is 0 Å². The smallest absolute Gasteiger partial charge is 0.244 e. The molecule has 2 heteroatoms. The Kier molecular flexibility index (Phi) is 6.94. The van der Waals surface area contributed by atoms with Crippen LogP contribution in [0, 0.1) is 6.92 Å². The zero-order chi connectivity index (χ0) is 14.1. The third-order valence-corrected chi connectivity index (χ3v) is 3.13. The van der Waals surface area contributed by atoms with Gasteiger partial charge in [-0.1, -0.05) is 56.0 Å². The minimum Gasteiger partial charge on any atom is -0.350 e. The fourth-order valence-electron chi connectivity index (χ4n) is 1.91. The van der Waals surface area contributed by atoms with E-state index in [1.807, 2.05) is 30.3 Å². The van der Waals surface area contributed by atoms with Gasteiger partial charge in [-0.3, -0.25) is 4.79 Å². The Labute approximate surface area is 116 Å². The maximum atomic E-state index is 11.7. The average Bonchev–Trinajstić information content (AvgIpc) is 2.38. The van der Waals surface area contributed by atoms with Crippen LogP contribution in [0.15, 0.2) is 30.3 Å². The summed E-state index contributed by atoms with van der Waals surface area (Å²) < 4.78 is 0. The van der Waals surface area contributed by atoms with Crippen LogP contribution in [0.5, 0.6) is 0 Å². The Morgan fingerprint density at radius 2 is 1.95 bits per heavy atom. The molecule has 1 rings (SSSR count). The molecule has 104 valence electrons. The molecule has 0 spiro atoms. The molecule has 1 aromatic carbocycles. The number of benzene rings is 1. The van der Waals surface area contributed by atoms with Crippen LogP contribution < -0.4 is 5.32 Å². The van der Waals surface area contributed by atoms with Gasteiger partial charge in [-0.2, -0.15) is 0 Å². The van der Waals surface area contributed by atoms with Gasteiger partial charge in [-0.05, 0) is 31.9 Å². The zero-order valence-corrected chi connectivity index (χ0v) is 12.3. The molecule has 0 aliphatic carbocycles. The van der Waals surface area contributed by atoms with E-state index in [2.05, 4.69) is 26.1 Å². The fraction of sp³-hybridized carbons (Fsp3) is 0.471. The number of carbonyl (C=O) groups excluding carboxylic acids is 1. The van der Waals surface area contributed by atoms with E-state index in [0.717, 1.165) is 12.0 Å². The number of aryl methyl sites for hydroxylation is 1. The number of unbranched alkanes of at least 4 members (excludes halogenated alkanes) is 2. The Morgan fingerprint density at radius 1 is 1.26 bits per heavy atom. The molecule has 0 saturated heterocycles. The number of hydrogen-bond acceptors (Lipinski definition) is 1. The van der Waals surface area contributed by atoms with Gasteiger partial charge < -0.3 is 5.32 Å². The molecular formula is C17H25NO. The van der Waals surface area contributed by atoms with Crippen molar-refractivity contribution < 1.29 is 4.79 Å². The lowest BCUT2D eigenvalue weighted by molar-refractivity contribution is -0.117. The summed E-state index contributed by atoms with van der Waals surface area (Å²) in [5, 5.41) is 2.99. The highest BCUT2D eigenvalue weighted by atomic mass is 16.1. The zero-order valence-electron chi connectivity index (χ0n) is 12.3. The van der Waals surface area contributed by atoms with Crippen LogP contribution in [0.4, 0.5) is 0 Å². The van der Waals surface area contributed by atoms with Crippen molar-refractivity contribution in [2.24, 2.45) is 0 Å².